The molecule has 1 aromatic carbocycles. The van der Waals surface area contributed by atoms with Gasteiger partial charge < -0.3 is 14.6 Å². The highest BCUT2D eigenvalue weighted by atomic mass is 16.5. The maximum atomic E-state index is 11.1. The lowest BCUT2D eigenvalue weighted by Crippen LogP contribution is -2.05. The zero-order valence-electron chi connectivity index (χ0n) is 12.7. The van der Waals surface area contributed by atoms with Crippen molar-refractivity contribution in [1.29, 1.82) is 0 Å². The predicted molar refractivity (Wildman–Crippen MR) is 77.9 cm³/mol. The molecule has 0 aromatic heterocycles. The zero-order chi connectivity index (χ0) is 15.1. The van der Waals surface area contributed by atoms with Crippen LogP contribution in [0.5, 0.6) is 5.75 Å². The van der Waals surface area contributed by atoms with E-state index in [1.165, 1.54) is 7.11 Å². The van der Waals surface area contributed by atoms with E-state index in [0.29, 0.717) is 30.9 Å². The maximum absolute atomic E-state index is 11.1. The van der Waals surface area contributed by atoms with Crippen molar-refractivity contribution in [2.45, 2.75) is 45.1 Å². The van der Waals surface area contributed by atoms with Crippen LogP contribution in [0.2, 0.25) is 0 Å². The lowest BCUT2D eigenvalue weighted by atomic mass is 9.96. The fourth-order valence-corrected chi connectivity index (χ4v) is 2.07. The summed E-state index contributed by atoms with van der Waals surface area (Å²) in [6.45, 7) is 4.21. The van der Waals surface area contributed by atoms with E-state index in [4.69, 9.17) is 4.74 Å². The zero-order valence-corrected chi connectivity index (χ0v) is 12.7. The van der Waals surface area contributed by atoms with Crippen molar-refractivity contribution < 1.29 is 19.4 Å². The minimum absolute atomic E-state index is 0.250. The fraction of sp³-hybridized carbons (Fsp3) is 0.562. The van der Waals surface area contributed by atoms with E-state index in [0.717, 1.165) is 11.1 Å². The molecule has 0 spiro atoms. The third-order valence-electron chi connectivity index (χ3n) is 3.37. The van der Waals surface area contributed by atoms with Gasteiger partial charge in [-0.15, -0.1) is 0 Å². The first-order valence-corrected chi connectivity index (χ1v) is 6.92. The number of ether oxygens (including phenoxy) is 2. The van der Waals surface area contributed by atoms with Gasteiger partial charge in [0.1, 0.15) is 5.75 Å². The van der Waals surface area contributed by atoms with Gasteiger partial charge in [0.25, 0.3) is 0 Å². The molecule has 1 N–H and O–H groups in total. The summed E-state index contributed by atoms with van der Waals surface area (Å²) in [7, 11) is 2.96. The summed E-state index contributed by atoms with van der Waals surface area (Å²) in [5.41, 5.74) is 1.94. The quantitative estimate of drug-likeness (QED) is 0.779. The van der Waals surface area contributed by atoms with Gasteiger partial charge in [0.2, 0.25) is 0 Å². The Morgan fingerprint density at radius 2 is 2.00 bits per heavy atom. The van der Waals surface area contributed by atoms with Crippen molar-refractivity contribution >= 4 is 5.97 Å². The van der Waals surface area contributed by atoms with Crippen molar-refractivity contribution in [1.82, 2.24) is 0 Å². The van der Waals surface area contributed by atoms with Gasteiger partial charge in [-0.25, -0.2) is 0 Å². The van der Waals surface area contributed by atoms with Crippen LogP contribution in [0.25, 0.3) is 0 Å². The van der Waals surface area contributed by atoms with Crippen molar-refractivity contribution in [3.63, 3.8) is 0 Å². The number of methoxy groups -OCH3 is 2. The van der Waals surface area contributed by atoms with E-state index in [1.54, 1.807) is 7.11 Å². The van der Waals surface area contributed by atoms with Crippen LogP contribution in [0.3, 0.4) is 0 Å². The lowest BCUT2D eigenvalue weighted by Gasteiger charge is -2.17. The summed E-state index contributed by atoms with van der Waals surface area (Å²) in [5.74, 6) is 0.821. The molecule has 0 heterocycles. The average molecular weight is 280 g/mol. The van der Waals surface area contributed by atoms with Gasteiger partial charge >= 0.3 is 5.97 Å². The first kappa shape index (κ1) is 16.5. The van der Waals surface area contributed by atoms with Crippen molar-refractivity contribution in [3.8, 4) is 5.75 Å². The number of hydrogen-bond donors (Lipinski definition) is 1. The standard InChI is InChI=1S/C16H24O4/c1-11(2)12-8-9-15(19-3)13(10-12)14(17)6-5-7-16(18)20-4/h8-11,14,17H,5-7H2,1-4H3. The third kappa shape index (κ3) is 4.53. The number of carbonyl (C=O) groups excluding carboxylic acids is 1. The predicted octanol–water partition coefficient (Wildman–Crippen LogP) is 3.20. The molecule has 1 aromatic rings. The number of hydrogen-bond acceptors (Lipinski definition) is 4. The molecule has 0 radical (unpaired) electrons. The van der Waals surface area contributed by atoms with E-state index < -0.39 is 6.10 Å². The fourth-order valence-electron chi connectivity index (χ4n) is 2.07. The van der Waals surface area contributed by atoms with Crippen LogP contribution < -0.4 is 4.74 Å². The van der Waals surface area contributed by atoms with Crippen LogP contribution in [-0.2, 0) is 9.53 Å². The Kier molecular flexibility index (Phi) is 6.52. The van der Waals surface area contributed by atoms with Crippen LogP contribution in [0.4, 0.5) is 0 Å². The third-order valence-corrected chi connectivity index (χ3v) is 3.37. The molecular weight excluding hydrogens is 256 g/mol. The highest BCUT2D eigenvalue weighted by Gasteiger charge is 2.15. The molecule has 0 bridgehead atoms. The molecule has 0 aliphatic rings. The van der Waals surface area contributed by atoms with E-state index in [9.17, 15) is 9.90 Å². The van der Waals surface area contributed by atoms with Crippen molar-refractivity contribution in [2.24, 2.45) is 0 Å². The summed E-state index contributed by atoms with van der Waals surface area (Å²) in [6, 6.07) is 5.87. The second-order valence-electron chi connectivity index (χ2n) is 5.14. The molecule has 0 saturated heterocycles. The smallest absolute Gasteiger partial charge is 0.305 e. The normalized spacial score (nSPS) is 12.3. The van der Waals surface area contributed by atoms with E-state index in [-0.39, 0.29) is 5.97 Å². The topological polar surface area (TPSA) is 55.8 Å². The van der Waals surface area contributed by atoms with Crippen LogP contribution in [0.15, 0.2) is 18.2 Å². The molecule has 20 heavy (non-hydrogen) atoms. The summed E-state index contributed by atoms with van der Waals surface area (Å²) < 4.78 is 9.89. The van der Waals surface area contributed by atoms with Gasteiger partial charge in [-0.05, 0) is 36.5 Å². The highest BCUT2D eigenvalue weighted by Crippen LogP contribution is 2.31. The monoisotopic (exact) mass is 280 g/mol. The Labute approximate surface area is 120 Å². The molecule has 4 nitrogen and oxygen atoms in total. The Balaban J connectivity index is 2.76. The molecule has 1 atom stereocenters. The summed E-state index contributed by atoms with van der Waals surface area (Å²) in [6.07, 6.45) is 0.781. The Morgan fingerprint density at radius 1 is 1.30 bits per heavy atom. The van der Waals surface area contributed by atoms with Gasteiger partial charge in [-0.1, -0.05) is 19.9 Å². The van der Waals surface area contributed by atoms with Crippen LogP contribution >= 0.6 is 0 Å². The number of carbonyl (C=O) groups is 1. The summed E-state index contributed by atoms with van der Waals surface area (Å²) >= 11 is 0. The number of aliphatic hydroxyl groups is 1. The molecule has 112 valence electrons. The van der Waals surface area contributed by atoms with E-state index >= 15 is 0 Å². The Morgan fingerprint density at radius 3 is 2.55 bits per heavy atom. The van der Waals surface area contributed by atoms with Crippen molar-refractivity contribution in [3.05, 3.63) is 29.3 Å². The van der Waals surface area contributed by atoms with Gasteiger partial charge in [-0.3, -0.25) is 4.79 Å². The summed E-state index contributed by atoms with van der Waals surface area (Å²) in [4.78, 5) is 11.1. The molecule has 0 aliphatic heterocycles. The SMILES string of the molecule is COC(=O)CCCC(O)c1cc(C(C)C)ccc1OC. The average Bonchev–Trinajstić information content (AvgIpc) is 2.45. The van der Waals surface area contributed by atoms with E-state index in [1.807, 2.05) is 18.2 Å². The minimum Gasteiger partial charge on any atom is -0.496 e. The van der Waals surface area contributed by atoms with Crippen molar-refractivity contribution in [2.75, 3.05) is 14.2 Å². The largest absolute Gasteiger partial charge is 0.496 e. The van der Waals surface area contributed by atoms with Gasteiger partial charge in [0.15, 0.2) is 0 Å². The Hall–Kier alpha value is -1.55. The van der Waals surface area contributed by atoms with Crippen LogP contribution in [0, 0.1) is 0 Å². The molecule has 4 heteroatoms. The first-order chi connectivity index (χ1) is 9.49. The molecule has 0 amide bonds. The van der Waals surface area contributed by atoms with Crippen LogP contribution in [0.1, 0.15) is 56.3 Å². The molecule has 1 unspecified atom stereocenters. The van der Waals surface area contributed by atoms with Gasteiger partial charge in [0.05, 0.1) is 20.3 Å². The second kappa shape index (κ2) is 7.90. The van der Waals surface area contributed by atoms with Gasteiger partial charge in [-0.2, -0.15) is 0 Å². The lowest BCUT2D eigenvalue weighted by molar-refractivity contribution is -0.140. The first-order valence-electron chi connectivity index (χ1n) is 6.92. The minimum atomic E-state index is -0.631. The Bertz CT molecular complexity index is 440. The molecule has 0 fully saturated rings. The molecule has 1 rings (SSSR count). The number of rotatable bonds is 7. The summed E-state index contributed by atoms with van der Waals surface area (Å²) in [5, 5.41) is 10.3. The maximum Gasteiger partial charge on any atom is 0.305 e. The number of benzene rings is 1. The second-order valence-corrected chi connectivity index (χ2v) is 5.14. The highest BCUT2D eigenvalue weighted by molar-refractivity contribution is 5.69. The van der Waals surface area contributed by atoms with Gasteiger partial charge in [0, 0.05) is 12.0 Å². The molecule has 0 aliphatic carbocycles. The molecular formula is C16H24O4. The molecule has 0 saturated carbocycles. The van der Waals surface area contributed by atoms with Crippen LogP contribution in [-0.4, -0.2) is 25.3 Å². The number of aliphatic hydroxyl groups excluding tert-OH is 1. The van der Waals surface area contributed by atoms with E-state index in [2.05, 4.69) is 18.6 Å². The number of esters is 1.